The van der Waals surface area contributed by atoms with E-state index in [9.17, 15) is 13.2 Å². The zero-order chi connectivity index (χ0) is 15.6. The Labute approximate surface area is 128 Å². The summed E-state index contributed by atoms with van der Waals surface area (Å²) in [5, 5.41) is 0. The molecule has 1 aromatic heterocycles. The fraction of sp³-hybridized carbons (Fsp3) is 0.214. The van der Waals surface area contributed by atoms with Crippen LogP contribution in [0.25, 0.3) is 0 Å². The first-order valence-electron chi connectivity index (χ1n) is 5.94. The number of halogens is 4. The van der Waals surface area contributed by atoms with Gasteiger partial charge < -0.3 is 10.5 Å². The summed E-state index contributed by atoms with van der Waals surface area (Å²) in [5.41, 5.74) is 6.19. The summed E-state index contributed by atoms with van der Waals surface area (Å²) in [7, 11) is 1.48. The topological polar surface area (TPSA) is 48.1 Å². The Morgan fingerprint density at radius 1 is 1.19 bits per heavy atom. The molecule has 7 heteroatoms. The van der Waals surface area contributed by atoms with E-state index in [1.54, 1.807) is 12.1 Å². The molecule has 0 amide bonds. The molecule has 0 aliphatic heterocycles. The maximum absolute atomic E-state index is 12.9. The summed E-state index contributed by atoms with van der Waals surface area (Å²) in [4.78, 5) is 3.95. The van der Waals surface area contributed by atoms with E-state index in [2.05, 4.69) is 20.9 Å². The fourth-order valence-electron chi connectivity index (χ4n) is 1.86. The van der Waals surface area contributed by atoms with E-state index >= 15 is 0 Å². The van der Waals surface area contributed by atoms with Gasteiger partial charge in [-0.05, 0) is 29.3 Å². The van der Waals surface area contributed by atoms with Crippen molar-refractivity contribution in [2.45, 2.75) is 12.2 Å². The van der Waals surface area contributed by atoms with Crippen LogP contribution in [0.2, 0.25) is 0 Å². The lowest BCUT2D eigenvalue weighted by molar-refractivity contribution is -0.138. The molecule has 2 aromatic rings. The number of alkyl halides is 3. The second-order valence-corrected chi connectivity index (χ2v) is 5.23. The molecule has 0 fully saturated rings. The number of rotatable bonds is 3. The van der Waals surface area contributed by atoms with Crippen LogP contribution in [0.15, 0.2) is 41.1 Å². The summed E-state index contributed by atoms with van der Waals surface area (Å²) in [6.45, 7) is 0. The molecule has 0 aliphatic rings. The Hall–Kier alpha value is -1.60. The highest BCUT2D eigenvalue weighted by Crippen LogP contribution is 2.36. The van der Waals surface area contributed by atoms with Crippen molar-refractivity contribution in [3.05, 3.63) is 57.8 Å². The normalized spacial score (nSPS) is 13.0. The molecule has 0 radical (unpaired) electrons. The zero-order valence-corrected chi connectivity index (χ0v) is 12.6. The average molecular weight is 361 g/mol. The van der Waals surface area contributed by atoms with Crippen LogP contribution in [0.5, 0.6) is 5.75 Å². The Kier molecular flexibility index (Phi) is 4.53. The van der Waals surface area contributed by atoms with Crippen LogP contribution in [0.4, 0.5) is 13.2 Å². The van der Waals surface area contributed by atoms with Crippen molar-refractivity contribution in [3.63, 3.8) is 0 Å². The lowest BCUT2D eigenvalue weighted by Crippen LogP contribution is -2.14. The van der Waals surface area contributed by atoms with E-state index in [-0.39, 0.29) is 4.47 Å². The standard InChI is InChI=1S/C14H12BrF3N2O/c1-21-10-4-9(6-20-7-10)13(19)8-2-3-12(15)11(5-8)14(16,17)18/h2-7,13H,19H2,1H3. The number of nitrogens with two attached hydrogens (primary N) is 1. The monoisotopic (exact) mass is 360 g/mol. The number of methoxy groups -OCH3 is 1. The molecule has 2 N–H and O–H groups in total. The number of pyridine rings is 1. The molecule has 1 atom stereocenters. The highest BCUT2D eigenvalue weighted by Gasteiger charge is 2.33. The molecule has 1 aromatic carbocycles. The number of aromatic nitrogens is 1. The lowest BCUT2D eigenvalue weighted by atomic mass is 9.99. The van der Waals surface area contributed by atoms with Crippen LogP contribution in [0.3, 0.4) is 0 Å². The Bertz CT molecular complexity index is 646. The average Bonchev–Trinajstić information content (AvgIpc) is 2.46. The lowest BCUT2D eigenvalue weighted by Gasteiger charge is -2.16. The third-order valence-electron chi connectivity index (χ3n) is 2.98. The van der Waals surface area contributed by atoms with E-state index in [1.807, 2.05) is 0 Å². The maximum atomic E-state index is 12.9. The van der Waals surface area contributed by atoms with Gasteiger partial charge in [0.25, 0.3) is 0 Å². The summed E-state index contributed by atoms with van der Waals surface area (Å²) in [6, 6.07) is 4.85. The second-order valence-electron chi connectivity index (χ2n) is 4.37. The third kappa shape index (κ3) is 3.54. The van der Waals surface area contributed by atoms with Crippen molar-refractivity contribution < 1.29 is 17.9 Å². The number of hydrogen-bond donors (Lipinski definition) is 1. The molecule has 3 nitrogen and oxygen atoms in total. The molecule has 2 rings (SSSR count). The molecule has 0 spiro atoms. The summed E-state index contributed by atoms with van der Waals surface area (Å²) in [6.07, 6.45) is -1.44. The summed E-state index contributed by atoms with van der Waals surface area (Å²) < 4.78 is 43.7. The third-order valence-corrected chi connectivity index (χ3v) is 3.68. The first kappa shape index (κ1) is 15.8. The van der Waals surface area contributed by atoms with Crippen LogP contribution >= 0.6 is 15.9 Å². The zero-order valence-electron chi connectivity index (χ0n) is 11.0. The second kappa shape index (κ2) is 6.03. The quantitative estimate of drug-likeness (QED) is 0.902. The van der Waals surface area contributed by atoms with Crippen molar-refractivity contribution in [2.24, 2.45) is 5.73 Å². The van der Waals surface area contributed by atoms with Gasteiger partial charge in [0.2, 0.25) is 0 Å². The predicted molar refractivity (Wildman–Crippen MR) is 76.0 cm³/mol. The molecular weight excluding hydrogens is 349 g/mol. The van der Waals surface area contributed by atoms with Crippen LogP contribution in [-0.4, -0.2) is 12.1 Å². The minimum Gasteiger partial charge on any atom is -0.495 e. The molecular formula is C14H12BrF3N2O. The van der Waals surface area contributed by atoms with Crippen LogP contribution in [0.1, 0.15) is 22.7 Å². The molecule has 1 heterocycles. The number of hydrogen-bond acceptors (Lipinski definition) is 3. The van der Waals surface area contributed by atoms with Gasteiger partial charge >= 0.3 is 6.18 Å². The van der Waals surface area contributed by atoms with Crippen LogP contribution < -0.4 is 10.5 Å². The van der Waals surface area contributed by atoms with Gasteiger partial charge in [0.05, 0.1) is 24.9 Å². The largest absolute Gasteiger partial charge is 0.495 e. The number of ether oxygens (including phenoxy) is 1. The van der Waals surface area contributed by atoms with Crippen molar-refractivity contribution in [2.75, 3.05) is 7.11 Å². The van der Waals surface area contributed by atoms with Gasteiger partial charge in [-0.1, -0.05) is 22.0 Å². The predicted octanol–water partition coefficient (Wildman–Crippen LogP) is 3.92. The van der Waals surface area contributed by atoms with Gasteiger partial charge in [0.1, 0.15) is 5.75 Å². The molecule has 21 heavy (non-hydrogen) atoms. The van der Waals surface area contributed by atoms with Crippen molar-refractivity contribution in [1.82, 2.24) is 4.98 Å². The Morgan fingerprint density at radius 3 is 2.52 bits per heavy atom. The Balaban J connectivity index is 2.41. The number of nitrogens with zero attached hydrogens (tertiary/aromatic N) is 1. The molecule has 0 saturated heterocycles. The molecule has 0 aliphatic carbocycles. The molecule has 1 unspecified atom stereocenters. The first-order valence-corrected chi connectivity index (χ1v) is 6.73. The SMILES string of the molecule is COc1cncc(C(N)c2ccc(Br)c(C(F)(F)F)c2)c1. The van der Waals surface area contributed by atoms with Gasteiger partial charge in [0, 0.05) is 10.7 Å². The van der Waals surface area contributed by atoms with Gasteiger partial charge in [-0.3, -0.25) is 4.98 Å². The van der Waals surface area contributed by atoms with Gasteiger partial charge in [0.15, 0.2) is 0 Å². The molecule has 112 valence electrons. The fourth-order valence-corrected chi connectivity index (χ4v) is 2.33. The van der Waals surface area contributed by atoms with Crippen molar-refractivity contribution in [1.29, 1.82) is 0 Å². The minimum absolute atomic E-state index is 0.0188. The van der Waals surface area contributed by atoms with Crippen LogP contribution in [0, 0.1) is 0 Å². The van der Waals surface area contributed by atoms with E-state index in [0.29, 0.717) is 16.9 Å². The van der Waals surface area contributed by atoms with E-state index in [1.165, 1.54) is 25.6 Å². The smallest absolute Gasteiger partial charge is 0.417 e. The Morgan fingerprint density at radius 2 is 1.90 bits per heavy atom. The summed E-state index contributed by atoms with van der Waals surface area (Å²) >= 11 is 2.90. The molecule has 0 saturated carbocycles. The van der Waals surface area contributed by atoms with Crippen molar-refractivity contribution >= 4 is 15.9 Å². The van der Waals surface area contributed by atoms with E-state index in [0.717, 1.165) is 6.07 Å². The van der Waals surface area contributed by atoms with Gasteiger partial charge in [-0.2, -0.15) is 13.2 Å². The first-order chi connectivity index (χ1) is 9.82. The number of benzene rings is 1. The van der Waals surface area contributed by atoms with E-state index in [4.69, 9.17) is 10.5 Å². The van der Waals surface area contributed by atoms with Gasteiger partial charge in [-0.25, -0.2) is 0 Å². The minimum atomic E-state index is -4.44. The maximum Gasteiger partial charge on any atom is 0.417 e. The van der Waals surface area contributed by atoms with Crippen LogP contribution in [-0.2, 0) is 6.18 Å². The highest BCUT2D eigenvalue weighted by molar-refractivity contribution is 9.10. The molecule has 0 bridgehead atoms. The van der Waals surface area contributed by atoms with Crippen molar-refractivity contribution in [3.8, 4) is 5.75 Å². The van der Waals surface area contributed by atoms with E-state index < -0.39 is 17.8 Å². The summed E-state index contributed by atoms with van der Waals surface area (Å²) in [5.74, 6) is 0.496. The van der Waals surface area contributed by atoms with Gasteiger partial charge in [-0.15, -0.1) is 0 Å². The highest BCUT2D eigenvalue weighted by atomic mass is 79.9.